The van der Waals surface area contributed by atoms with Crippen molar-refractivity contribution in [3.63, 3.8) is 0 Å². The second kappa shape index (κ2) is 4.54. The predicted molar refractivity (Wildman–Crippen MR) is 78.3 cm³/mol. The Hall–Kier alpha value is -2.53. The smallest absolute Gasteiger partial charge is 0.245 e. The summed E-state index contributed by atoms with van der Waals surface area (Å²) in [6, 6.07) is 12.1. The number of hydrogen-bond acceptors (Lipinski definition) is 5. The van der Waals surface area contributed by atoms with Crippen molar-refractivity contribution >= 4 is 22.2 Å². The van der Waals surface area contributed by atoms with Crippen molar-refractivity contribution in [1.82, 2.24) is 15.0 Å². The van der Waals surface area contributed by atoms with Gasteiger partial charge in [-0.1, -0.05) is 24.3 Å². The number of rotatable bonds is 2. The summed E-state index contributed by atoms with van der Waals surface area (Å²) in [7, 11) is 0. The van der Waals surface area contributed by atoms with Crippen molar-refractivity contribution in [2.75, 3.05) is 0 Å². The molecule has 4 aromatic rings. The minimum absolute atomic E-state index is 0.535. The van der Waals surface area contributed by atoms with Gasteiger partial charge in [0.25, 0.3) is 0 Å². The molecule has 4 nitrogen and oxygen atoms in total. The van der Waals surface area contributed by atoms with E-state index in [-0.39, 0.29) is 0 Å². The van der Waals surface area contributed by atoms with E-state index in [0.717, 1.165) is 27.3 Å². The predicted octanol–water partition coefficient (Wildman–Crippen LogP) is 4.01. The molecular formula is C15H9N3OS. The van der Waals surface area contributed by atoms with Gasteiger partial charge in [-0.05, 0) is 12.1 Å². The molecule has 0 saturated heterocycles. The Morgan fingerprint density at radius 2 is 1.90 bits per heavy atom. The number of aromatic nitrogens is 3. The van der Waals surface area contributed by atoms with Crippen molar-refractivity contribution in [2.24, 2.45) is 0 Å². The van der Waals surface area contributed by atoms with Gasteiger partial charge in [0.15, 0.2) is 0 Å². The molecule has 0 unspecified atom stereocenters. The summed E-state index contributed by atoms with van der Waals surface area (Å²) in [6.07, 6.45) is 3.16. The third-order valence-electron chi connectivity index (χ3n) is 2.97. The van der Waals surface area contributed by atoms with Crippen molar-refractivity contribution in [1.29, 1.82) is 0 Å². The van der Waals surface area contributed by atoms with Crippen molar-refractivity contribution < 1.29 is 4.42 Å². The van der Waals surface area contributed by atoms with Gasteiger partial charge < -0.3 is 4.42 Å². The van der Waals surface area contributed by atoms with Gasteiger partial charge in [-0.15, -0.1) is 11.3 Å². The van der Waals surface area contributed by atoms with E-state index in [0.29, 0.717) is 5.89 Å². The second-order valence-electron chi connectivity index (χ2n) is 4.26. The van der Waals surface area contributed by atoms with Crippen LogP contribution in [0, 0.1) is 0 Å². The number of oxazole rings is 1. The maximum Gasteiger partial charge on any atom is 0.245 e. The Balaban J connectivity index is 1.79. The minimum Gasteiger partial charge on any atom is -0.443 e. The molecule has 0 aliphatic rings. The lowest BCUT2D eigenvalue weighted by atomic mass is 10.2. The molecule has 0 spiro atoms. The summed E-state index contributed by atoms with van der Waals surface area (Å²) in [5.74, 6) is 0.535. The van der Waals surface area contributed by atoms with Crippen LogP contribution in [0.3, 0.4) is 0 Å². The zero-order chi connectivity index (χ0) is 13.4. The molecule has 0 aliphatic heterocycles. The maximum absolute atomic E-state index is 5.25. The normalized spacial score (nSPS) is 11.0. The fraction of sp³-hybridized carbons (Fsp3) is 0. The van der Waals surface area contributed by atoms with Crippen LogP contribution in [-0.2, 0) is 0 Å². The van der Waals surface area contributed by atoms with Crippen LogP contribution in [0.4, 0.5) is 0 Å². The lowest BCUT2D eigenvalue weighted by Crippen LogP contribution is -1.85. The maximum atomic E-state index is 5.25. The van der Waals surface area contributed by atoms with Crippen LogP contribution in [0.25, 0.3) is 33.2 Å². The highest BCUT2D eigenvalue weighted by Crippen LogP contribution is 2.28. The first kappa shape index (κ1) is 11.3. The SMILES string of the molecule is c1ccc2nc(-c3nc(-c4ncco4)cs3)ccc2c1. The molecule has 3 aromatic heterocycles. The zero-order valence-electron chi connectivity index (χ0n) is 10.4. The van der Waals surface area contributed by atoms with Crippen LogP contribution in [0.15, 0.2) is 58.7 Å². The summed E-state index contributed by atoms with van der Waals surface area (Å²) < 4.78 is 5.25. The Morgan fingerprint density at radius 3 is 2.80 bits per heavy atom. The molecule has 20 heavy (non-hydrogen) atoms. The third-order valence-corrected chi connectivity index (χ3v) is 3.84. The molecule has 0 saturated carbocycles. The fourth-order valence-corrected chi connectivity index (χ4v) is 2.79. The number of thiazole rings is 1. The average Bonchev–Trinajstić information content (AvgIpc) is 3.17. The molecule has 0 N–H and O–H groups in total. The Labute approximate surface area is 118 Å². The van der Waals surface area contributed by atoms with Gasteiger partial charge in [-0.3, -0.25) is 0 Å². The van der Waals surface area contributed by atoms with Crippen LogP contribution >= 0.6 is 11.3 Å². The zero-order valence-corrected chi connectivity index (χ0v) is 11.2. The minimum atomic E-state index is 0.535. The molecule has 0 fully saturated rings. The Morgan fingerprint density at radius 1 is 0.950 bits per heavy atom. The number of pyridine rings is 1. The van der Waals surface area contributed by atoms with Gasteiger partial charge in [-0.2, -0.15) is 0 Å². The number of para-hydroxylation sites is 1. The molecule has 0 atom stereocenters. The molecule has 0 bridgehead atoms. The van der Waals surface area contributed by atoms with E-state index in [4.69, 9.17) is 4.42 Å². The van der Waals surface area contributed by atoms with E-state index in [1.165, 1.54) is 11.3 Å². The molecule has 96 valence electrons. The fourth-order valence-electron chi connectivity index (χ4n) is 2.02. The van der Waals surface area contributed by atoms with Gasteiger partial charge >= 0.3 is 0 Å². The first-order chi connectivity index (χ1) is 9.90. The highest BCUT2D eigenvalue weighted by molar-refractivity contribution is 7.13. The summed E-state index contributed by atoms with van der Waals surface area (Å²) in [6.45, 7) is 0. The van der Waals surface area contributed by atoms with Gasteiger partial charge in [0.05, 0.1) is 17.4 Å². The van der Waals surface area contributed by atoms with E-state index in [1.807, 2.05) is 35.7 Å². The van der Waals surface area contributed by atoms with Crippen LogP contribution in [0.1, 0.15) is 0 Å². The molecule has 0 aliphatic carbocycles. The molecule has 5 heteroatoms. The number of benzene rings is 1. The number of hydrogen-bond donors (Lipinski definition) is 0. The largest absolute Gasteiger partial charge is 0.443 e. The lowest BCUT2D eigenvalue weighted by molar-refractivity contribution is 0.572. The summed E-state index contributed by atoms with van der Waals surface area (Å²) in [5.41, 5.74) is 2.58. The summed E-state index contributed by atoms with van der Waals surface area (Å²) >= 11 is 1.54. The topological polar surface area (TPSA) is 51.8 Å². The average molecular weight is 279 g/mol. The molecule has 4 rings (SSSR count). The van der Waals surface area contributed by atoms with Gasteiger partial charge in [0.1, 0.15) is 17.0 Å². The van der Waals surface area contributed by atoms with Crippen LogP contribution < -0.4 is 0 Å². The van der Waals surface area contributed by atoms with E-state index in [1.54, 1.807) is 12.5 Å². The van der Waals surface area contributed by atoms with Crippen LogP contribution in [0.5, 0.6) is 0 Å². The highest BCUT2D eigenvalue weighted by Gasteiger charge is 2.10. The summed E-state index contributed by atoms with van der Waals surface area (Å²) in [4.78, 5) is 13.3. The van der Waals surface area contributed by atoms with Crippen molar-refractivity contribution in [3.05, 3.63) is 54.2 Å². The monoisotopic (exact) mass is 279 g/mol. The summed E-state index contributed by atoms with van der Waals surface area (Å²) in [5, 5.41) is 3.92. The third kappa shape index (κ3) is 1.88. The standard InChI is InChI=1S/C15H9N3OS/c1-2-4-11-10(3-1)5-6-12(17-11)15-18-13(9-20-15)14-16-7-8-19-14/h1-9H. The van der Waals surface area contributed by atoms with Gasteiger partial charge in [-0.25, -0.2) is 15.0 Å². The van der Waals surface area contributed by atoms with E-state index < -0.39 is 0 Å². The number of nitrogens with zero attached hydrogens (tertiary/aromatic N) is 3. The molecule has 0 amide bonds. The Kier molecular flexibility index (Phi) is 2.57. The van der Waals surface area contributed by atoms with E-state index in [9.17, 15) is 0 Å². The van der Waals surface area contributed by atoms with Gasteiger partial charge in [0, 0.05) is 10.8 Å². The van der Waals surface area contributed by atoms with E-state index in [2.05, 4.69) is 21.0 Å². The Bertz CT molecular complexity index is 868. The van der Waals surface area contributed by atoms with Crippen molar-refractivity contribution in [3.8, 4) is 22.3 Å². The van der Waals surface area contributed by atoms with Crippen molar-refractivity contribution in [2.45, 2.75) is 0 Å². The number of fused-ring (bicyclic) bond motifs is 1. The first-order valence-electron chi connectivity index (χ1n) is 6.12. The quantitative estimate of drug-likeness (QED) is 0.556. The lowest BCUT2D eigenvalue weighted by Gasteiger charge is -1.99. The molecule has 3 heterocycles. The first-order valence-corrected chi connectivity index (χ1v) is 7.00. The highest BCUT2D eigenvalue weighted by atomic mass is 32.1. The molecular weight excluding hydrogens is 270 g/mol. The van der Waals surface area contributed by atoms with Crippen LogP contribution in [0.2, 0.25) is 0 Å². The van der Waals surface area contributed by atoms with Gasteiger partial charge in [0.2, 0.25) is 5.89 Å². The molecule has 0 radical (unpaired) electrons. The molecule has 1 aromatic carbocycles. The van der Waals surface area contributed by atoms with E-state index >= 15 is 0 Å². The second-order valence-corrected chi connectivity index (χ2v) is 5.12. The van der Waals surface area contributed by atoms with Crippen LogP contribution in [-0.4, -0.2) is 15.0 Å².